The van der Waals surface area contributed by atoms with Gasteiger partial charge in [-0.25, -0.2) is 23.4 Å². The second-order valence-electron chi connectivity index (χ2n) is 3.86. The van der Waals surface area contributed by atoms with Crippen molar-refractivity contribution >= 4 is 49.2 Å². The van der Waals surface area contributed by atoms with Crippen molar-refractivity contribution in [2.24, 2.45) is 0 Å². The molecule has 2 rings (SSSR count). The Bertz CT molecular complexity index is 739. The van der Waals surface area contributed by atoms with Crippen LogP contribution in [0.1, 0.15) is 6.92 Å². The minimum atomic E-state index is -3.82. The number of anilines is 2. The van der Waals surface area contributed by atoms with Gasteiger partial charge in [0.1, 0.15) is 15.3 Å². The molecule has 0 amide bonds. The van der Waals surface area contributed by atoms with Crippen LogP contribution in [-0.4, -0.2) is 29.9 Å². The Kier molecular flexibility index (Phi) is 4.96. The smallest absolute Gasteiger partial charge is 0.264 e. The predicted octanol–water partition coefficient (Wildman–Crippen LogP) is 2.52. The van der Waals surface area contributed by atoms with Gasteiger partial charge < -0.3 is 5.32 Å². The number of rotatable bonds is 5. The summed E-state index contributed by atoms with van der Waals surface area (Å²) in [5.41, 5.74) is 0. The second kappa shape index (κ2) is 6.54. The molecular formula is C11H11BrClN5O2S. The Morgan fingerprint density at radius 2 is 2.00 bits per heavy atom. The average molecular weight is 393 g/mol. The molecule has 0 aliphatic carbocycles. The maximum absolute atomic E-state index is 12.2. The van der Waals surface area contributed by atoms with E-state index in [1.54, 1.807) is 0 Å². The number of aromatic nitrogens is 3. The molecule has 0 saturated carbocycles. The summed E-state index contributed by atoms with van der Waals surface area (Å²) >= 11 is 9.10. The Labute approximate surface area is 135 Å². The molecule has 0 radical (unpaired) electrons. The molecule has 0 bridgehead atoms. The third-order valence-electron chi connectivity index (χ3n) is 2.33. The number of hydrogen-bond donors (Lipinski definition) is 2. The molecule has 0 unspecified atom stereocenters. The van der Waals surface area contributed by atoms with Crippen molar-refractivity contribution in [3.63, 3.8) is 0 Å². The average Bonchev–Trinajstić information content (AvgIpc) is 2.43. The topological polar surface area (TPSA) is 96.9 Å². The van der Waals surface area contributed by atoms with Crippen LogP contribution in [0.25, 0.3) is 0 Å². The molecule has 2 aromatic rings. The zero-order valence-corrected chi connectivity index (χ0v) is 14.0. The zero-order chi connectivity index (χ0) is 15.5. The maximum Gasteiger partial charge on any atom is 0.264 e. The Morgan fingerprint density at radius 3 is 2.57 bits per heavy atom. The Morgan fingerprint density at radius 1 is 1.24 bits per heavy atom. The minimum Gasteiger partial charge on any atom is -0.369 e. The van der Waals surface area contributed by atoms with Gasteiger partial charge in [0.15, 0.2) is 5.82 Å². The fourth-order valence-electron chi connectivity index (χ4n) is 1.43. The molecule has 0 aliphatic heterocycles. The summed E-state index contributed by atoms with van der Waals surface area (Å²) < 4.78 is 27.2. The molecule has 10 heteroatoms. The van der Waals surface area contributed by atoms with Gasteiger partial charge in [-0.05, 0) is 28.9 Å². The quantitative estimate of drug-likeness (QED) is 0.811. The highest BCUT2D eigenvalue weighted by molar-refractivity contribution is 9.10. The van der Waals surface area contributed by atoms with Crippen LogP contribution in [-0.2, 0) is 10.0 Å². The number of nitrogens with one attached hydrogen (secondary N) is 2. The lowest BCUT2D eigenvalue weighted by Gasteiger charge is -2.09. The van der Waals surface area contributed by atoms with Gasteiger partial charge in [0.05, 0.1) is 17.4 Å². The molecule has 0 fully saturated rings. The van der Waals surface area contributed by atoms with Crippen molar-refractivity contribution < 1.29 is 8.42 Å². The van der Waals surface area contributed by atoms with E-state index in [0.717, 1.165) is 0 Å². The van der Waals surface area contributed by atoms with Crippen LogP contribution in [0.4, 0.5) is 11.6 Å². The first kappa shape index (κ1) is 15.9. The number of sulfonamides is 1. The maximum atomic E-state index is 12.2. The van der Waals surface area contributed by atoms with Crippen molar-refractivity contribution in [3.05, 3.63) is 34.3 Å². The van der Waals surface area contributed by atoms with Gasteiger partial charge in [-0.1, -0.05) is 11.6 Å². The van der Waals surface area contributed by atoms with E-state index in [0.29, 0.717) is 17.0 Å². The normalized spacial score (nSPS) is 11.2. The summed E-state index contributed by atoms with van der Waals surface area (Å²) in [6.45, 7) is 2.52. The lowest BCUT2D eigenvalue weighted by Crippen LogP contribution is -2.15. The highest BCUT2D eigenvalue weighted by Gasteiger charge is 2.17. The van der Waals surface area contributed by atoms with Crippen LogP contribution in [0.2, 0.25) is 5.02 Å². The number of hydrogen-bond acceptors (Lipinski definition) is 6. The van der Waals surface area contributed by atoms with Crippen LogP contribution < -0.4 is 10.0 Å². The summed E-state index contributed by atoms with van der Waals surface area (Å²) in [5.74, 6) is 0.534. The van der Waals surface area contributed by atoms with E-state index in [1.165, 1.54) is 24.7 Å². The third-order valence-corrected chi connectivity index (χ3v) is 4.35. The van der Waals surface area contributed by atoms with Gasteiger partial charge in [0.2, 0.25) is 0 Å². The summed E-state index contributed by atoms with van der Waals surface area (Å²) in [6.07, 6.45) is 3.90. The molecule has 2 N–H and O–H groups in total. The minimum absolute atomic E-state index is 0.0566. The summed E-state index contributed by atoms with van der Waals surface area (Å²) in [4.78, 5) is 11.7. The standard InChI is InChI=1S/C11H11BrClN5O2S/c1-2-14-11-8(13)3-7(4-17-11)21(19,20)18-10-6-15-9(12)5-16-10/h3-6H,2H2,1H3,(H,14,17)(H,16,18). The first-order valence-corrected chi connectivity index (χ1v) is 8.47. The van der Waals surface area contributed by atoms with Gasteiger partial charge >= 0.3 is 0 Å². The fourth-order valence-corrected chi connectivity index (χ4v) is 2.89. The molecule has 0 atom stereocenters. The monoisotopic (exact) mass is 391 g/mol. The molecule has 0 spiro atoms. The van der Waals surface area contributed by atoms with E-state index < -0.39 is 10.0 Å². The fraction of sp³-hybridized carbons (Fsp3) is 0.182. The molecule has 2 aromatic heterocycles. The van der Waals surface area contributed by atoms with Crippen LogP contribution in [0.5, 0.6) is 0 Å². The summed E-state index contributed by atoms with van der Waals surface area (Å²) in [6, 6.07) is 1.32. The SMILES string of the molecule is CCNc1ncc(S(=O)(=O)Nc2cnc(Br)cn2)cc1Cl. The Balaban J connectivity index is 2.27. The molecule has 0 aliphatic rings. The first-order valence-electron chi connectivity index (χ1n) is 5.82. The van der Waals surface area contributed by atoms with E-state index in [1.807, 2.05) is 6.92 Å². The van der Waals surface area contributed by atoms with Gasteiger partial charge in [-0.3, -0.25) is 4.72 Å². The number of nitrogens with zero attached hydrogens (tertiary/aromatic N) is 3. The van der Waals surface area contributed by atoms with E-state index in [-0.39, 0.29) is 15.7 Å². The van der Waals surface area contributed by atoms with E-state index >= 15 is 0 Å². The van der Waals surface area contributed by atoms with Gasteiger partial charge in [-0.2, -0.15) is 0 Å². The second-order valence-corrected chi connectivity index (χ2v) is 6.76. The number of halogens is 2. The molecule has 7 nitrogen and oxygen atoms in total. The van der Waals surface area contributed by atoms with Gasteiger partial charge in [0, 0.05) is 12.7 Å². The molecule has 21 heavy (non-hydrogen) atoms. The van der Waals surface area contributed by atoms with E-state index in [2.05, 4.69) is 40.9 Å². The third kappa shape index (κ3) is 4.02. The largest absolute Gasteiger partial charge is 0.369 e. The van der Waals surface area contributed by atoms with Crippen molar-refractivity contribution in [2.75, 3.05) is 16.6 Å². The molecular weight excluding hydrogens is 382 g/mol. The highest BCUT2D eigenvalue weighted by atomic mass is 79.9. The van der Waals surface area contributed by atoms with Gasteiger partial charge in [-0.15, -0.1) is 0 Å². The van der Waals surface area contributed by atoms with Crippen molar-refractivity contribution in [1.29, 1.82) is 0 Å². The van der Waals surface area contributed by atoms with Crippen molar-refractivity contribution in [3.8, 4) is 0 Å². The summed E-state index contributed by atoms with van der Waals surface area (Å²) in [7, 11) is -3.82. The van der Waals surface area contributed by atoms with Crippen molar-refractivity contribution in [1.82, 2.24) is 15.0 Å². The number of pyridine rings is 1. The van der Waals surface area contributed by atoms with Crippen LogP contribution in [0, 0.1) is 0 Å². The summed E-state index contributed by atoms with van der Waals surface area (Å²) in [5, 5.41) is 3.15. The highest BCUT2D eigenvalue weighted by Crippen LogP contribution is 2.23. The van der Waals surface area contributed by atoms with Gasteiger partial charge in [0.25, 0.3) is 10.0 Å². The molecule has 112 valence electrons. The van der Waals surface area contributed by atoms with E-state index in [4.69, 9.17) is 11.6 Å². The van der Waals surface area contributed by atoms with E-state index in [9.17, 15) is 8.42 Å². The first-order chi connectivity index (χ1) is 9.92. The van der Waals surface area contributed by atoms with Crippen LogP contribution in [0.3, 0.4) is 0 Å². The Hall–Kier alpha value is -1.45. The molecule has 0 aromatic carbocycles. The molecule has 2 heterocycles. The van der Waals surface area contributed by atoms with Crippen molar-refractivity contribution in [2.45, 2.75) is 11.8 Å². The zero-order valence-electron chi connectivity index (χ0n) is 10.8. The predicted molar refractivity (Wildman–Crippen MR) is 84.0 cm³/mol. The van der Waals surface area contributed by atoms with Crippen LogP contribution in [0.15, 0.2) is 34.2 Å². The van der Waals surface area contributed by atoms with Crippen LogP contribution >= 0.6 is 27.5 Å². The lowest BCUT2D eigenvalue weighted by molar-refractivity contribution is 0.600. The molecule has 0 saturated heterocycles. The lowest BCUT2D eigenvalue weighted by atomic mass is 10.4.